The maximum Gasteiger partial charge on any atom is 0.340 e. The first-order valence-electron chi connectivity index (χ1n) is 9.92. The standard InChI is InChI=1S/C21H20ClN5O3/c1-12(16-11-18(28)30-26-16)29-21-23-17-10-15(22)19(24-20(17)25-21)13-4-6-14(7-5-13)27-8-2-3-9-27/h4-7,10,12H,2-3,8-9,11H2,1H3,(H,23,24,25). The predicted molar refractivity (Wildman–Crippen MR) is 114 cm³/mol. The van der Waals surface area contributed by atoms with E-state index >= 15 is 0 Å². The molecule has 5 rings (SSSR count). The van der Waals surface area contributed by atoms with Crippen LogP contribution < -0.4 is 9.64 Å². The van der Waals surface area contributed by atoms with Crippen LogP contribution in [0, 0.1) is 0 Å². The zero-order chi connectivity index (χ0) is 20.7. The van der Waals surface area contributed by atoms with E-state index in [4.69, 9.17) is 16.3 Å². The van der Waals surface area contributed by atoms with E-state index in [9.17, 15) is 4.79 Å². The number of fused-ring (bicyclic) bond motifs is 1. The lowest BCUT2D eigenvalue weighted by atomic mass is 10.1. The van der Waals surface area contributed by atoms with Gasteiger partial charge in [-0.25, -0.2) is 9.78 Å². The van der Waals surface area contributed by atoms with Gasteiger partial charge in [-0.3, -0.25) is 0 Å². The third-order valence-corrected chi connectivity index (χ3v) is 5.65. The van der Waals surface area contributed by atoms with Gasteiger partial charge in [0.15, 0.2) is 5.65 Å². The summed E-state index contributed by atoms with van der Waals surface area (Å²) < 4.78 is 5.77. The number of aromatic nitrogens is 3. The van der Waals surface area contributed by atoms with Gasteiger partial charge in [0.1, 0.15) is 11.8 Å². The number of halogens is 1. The molecule has 1 atom stereocenters. The first-order valence-corrected chi connectivity index (χ1v) is 10.3. The van der Waals surface area contributed by atoms with Gasteiger partial charge < -0.3 is 19.5 Å². The number of rotatable bonds is 5. The van der Waals surface area contributed by atoms with Crippen LogP contribution in [0.25, 0.3) is 22.4 Å². The topological polar surface area (TPSA) is 92.7 Å². The molecule has 9 heteroatoms. The van der Waals surface area contributed by atoms with Crippen molar-refractivity contribution in [1.82, 2.24) is 15.0 Å². The number of H-pyrrole nitrogens is 1. The van der Waals surface area contributed by atoms with E-state index in [1.54, 1.807) is 13.0 Å². The second-order valence-electron chi connectivity index (χ2n) is 7.46. The summed E-state index contributed by atoms with van der Waals surface area (Å²) in [6, 6.07) is 10.4. The molecule has 1 aromatic carbocycles. The van der Waals surface area contributed by atoms with Gasteiger partial charge >= 0.3 is 5.97 Å². The number of benzene rings is 1. The van der Waals surface area contributed by atoms with Crippen molar-refractivity contribution in [3.63, 3.8) is 0 Å². The Kier molecular flexibility index (Phi) is 4.78. The Bertz CT molecular complexity index is 1140. The van der Waals surface area contributed by atoms with Crippen LogP contribution >= 0.6 is 11.6 Å². The summed E-state index contributed by atoms with van der Waals surface area (Å²) in [6.45, 7) is 3.98. The lowest BCUT2D eigenvalue weighted by Gasteiger charge is -2.17. The van der Waals surface area contributed by atoms with Gasteiger partial charge in [0, 0.05) is 24.3 Å². The molecule has 0 amide bonds. The maximum atomic E-state index is 11.2. The molecule has 1 saturated heterocycles. The van der Waals surface area contributed by atoms with E-state index in [1.807, 2.05) is 12.1 Å². The highest BCUT2D eigenvalue weighted by Gasteiger charge is 2.25. The first-order chi connectivity index (χ1) is 14.6. The summed E-state index contributed by atoms with van der Waals surface area (Å²) in [5, 5.41) is 4.26. The fraction of sp³-hybridized carbons (Fsp3) is 0.333. The Morgan fingerprint density at radius 1 is 1.20 bits per heavy atom. The molecule has 0 bridgehead atoms. The molecule has 1 fully saturated rings. The second kappa shape index (κ2) is 7.60. The molecular formula is C21H20ClN5O3. The molecule has 2 aliphatic heterocycles. The van der Waals surface area contributed by atoms with Crippen molar-refractivity contribution in [2.75, 3.05) is 18.0 Å². The fourth-order valence-corrected chi connectivity index (χ4v) is 4.00. The quantitative estimate of drug-likeness (QED) is 0.622. The van der Waals surface area contributed by atoms with E-state index in [-0.39, 0.29) is 18.4 Å². The van der Waals surface area contributed by atoms with Crippen LogP contribution in [0.15, 0.2) is 35.5 Å². The Morgan fingerprint density at radius 3 is 2.67 bits per heavy atom. The maximum absolute atomic E-state index is 11.2. The van der Waals surface area contributed by atoms with Crippen LogP contribution in [-0.2, 0) is 9.63 Å². The average molecular weight is 426 g/mol. The molecule has 154 valence electrons. The van der Waals surface area contributed by atoms with Crippen LogP contribution in [0.3, 0.4) is 0 Å². The molecule has 0 spiro atoms. The zero-order valence-electron chi connectivity index (χ0n) is 16.4. The number of nitrogens with zero attached hydrogens (tertiary/aromatic N) is 4. The molecule has 1 N–H and O–H groups in total. The number of pyridine rings is 1. The molecular weight excluding hydrogens is 406 g/mol. The van der Waals surface area contributed by atoms with Crippen LogP contribution in [-0.4, -0.2) is 45.8 Å². The highest BCUT2D eigenvalue weighted by molar-refractivity contribution is 6.33. The number of aromatic amines is 1. The highest BCUT2D eigenvalue weighted by atomic mass is 35.5. The van der Waals surface area contributed by atoms with Gasteiger partial charge in [0.25, 0.3) is 6.01 Å². The Labute approximate surface area is 177 Å². The van der Waals surface area contributed by atoms with E-state index in [0.29, 0.717) is 27.6 Å². The smallest absolute Gasteiger partial charge is 0.340 e. The van der Waals surface area contributed by atoms with Crippen LogP contribution in [0.1, 0.15) is 26.2 Å². The number of nitrogens with one attached hydrogen (secondary N) is 1. The number of imidazole rings is 1. The first kappa shape index (κ1) is 18.9. The summed E-state index contributed by atoms with van der Waals surface area (Å²) in [7, 11) is 0. The molecule has 30 heavy (non-hydrogen) atoms. The third-order valence-electron chi connectivity index (χ3n) is 5.36. The van der Waals surface area contributed by atoms with Crippen molar-refractivity contribution < 1.29 is 14.4 Å². The number of ether oxygens (including phenoxy) is 1. The molecule has 2 aromatic heterocycles. The van der Waals surface area contributed by atoms with Gasteiger partial charge in [-0.2, -0.15) is 4.98 Å². The number of anilines is 1. The SMILES string of the molecule is CC(Oc1nc2nc(-c3ccc(N4CCCC4)cc3)c(Cl)cc2[nH]1)C1=NOC(=O)C1. The monoisotopic (exact) mass is 425 g/mol. The Hall–Kier alpha value is -3.13. The summed E-state index contributed by atoms with van der Waals surface area (Å²) in [4.78, 5) is 30.3. The average Bonchev–Trinajstić information content (AvgIpc) is 3.48. The van der Waals surface area contributed by atoms with Crippen molar-refractivity contribution in [3.8, 4) is 17.3 Å². The van der Waals surface area contributed by atoms with E-state index in [0.717, 1.165) is 18.7 Å². The van der Waals surface area contributed by atoms with Crippen LogP contribution in [0.5, 0.6) is 6.01 Å². The predicted octanol–water partition coefficient (Wildman–Crippen LogP) is 3.95. The van der Waals surface area contributed by atoms with Crippen molar-refractivity contribution in [3.05, 3.63) is 35.4 Å². The molecule has 8 nitrogen and oxygen atoms in total. The molecule has 0 radical (unpaired) electrons. The number of oxime groups is 1. The van der Waals surface area contributed by atoms with E-state index in [2.05, 4.69) is 42.0 Å². The number of carbonyl (C=O) groups excluding carboxylic acids is 1. The fourth-order valence-electron chi connectivity index (χ4n) is 3.73. The number of hydrogen-bond donors (Lipinski definition) is 1. The molecule has 3 aromatic rings. The van der Waals surface area contributed by atoms with Gasteiger partial charge in [0.2, 0.25) is 0 Å². The van der Waals surface area contributed by atoms with E-state index in [1.165, 1.54) is 18.5 Å². The zero-order valence-corrected chi connectivity index (χ0v) is 17.1. The minimum Gasteiger partial charge on any atom is -0.455 e. The second-order valence-corrected chi connectivity index (χ2v) is 7.86. The van der Waals surface area contributed by atoms with Gasteiger partial charge in [-0.15, -0.1) is 0 Å². The molecule has 4 heterocycles. The van der Waals surface area contributed by atoms with Crippen LogP contribution in [0.4, 0.5) is 5.69 Å². The summed E-state index contributed by atoms with van der Waals surface area (Å²) in [5.74, 6) is -0.390. The molecule has 0 saturated carbocycles. The third kappa shape index (κ3) is 3.59. The number of hydrogen-bond acceptors (Lipinski definition) is 7. The molecule has 2 aliphatic rings. The number of carbonyl (C=O) groups is 1. The Balaban J connectivity index is 1.39. The minimum absolute atomic E-state index is 0.114. The summed E-state index contributed by atoms with van der Waals surface area (Å²) in [5.41, 5.74) is 4.50. The van der Waals surface area contributed by atoms with Crippen molar-refractivity contribution in [2.24, 2.45) is 5.16 Å². The Morgan fingerprint density at radius 2 is 1.97 bits per heavy atom. The highest BCUT2D eigenvalue weighted by Crippen LogP contribution is 2.31. The molecule has 1 unspecified atom stereocenters. The van der Waals surface area contributed by atoms with Crippen LogP contribution in [0.2, 0.25) is 5.02 Å². The normalized spacial score (nSPS) is 17.3. The lowest BCUT2D eigenvalue weighted by Crippen LogP contribution is -2.23. The molecule has 0 aliphatic carbocycles. The summed E-state index contributed by atoms with van der Waals surface area (Å²) in [6.07, 6.45) is 2.14. The lowest BCUT2D eigenvalue weighted by molar-refractivity contribution is -0.140. The van der Waals surface area contributed by atoms with Crippen molar-refractivity contribution in [2.45, 2.75) is 32.3 Å². The van der Waals surface area contributed by atoms with Crippen molar-refractivity contribution >= 4 is 40.1 Å². The summed E-state index contributed by atoms with van der Waals surface area (Å²) >= 11 is 6.50. The van der Waals surface area contributed by atoms with Gasteiger partial charge in [-0.05, 0) is 38.0 Å². The largest absolute Gasteiger partial charge is 0.455 e. The van der Waals surface area contributed by atoms with E-state index < -0.39 is 6.10 Å². The van der Waals surface area contributed by atoms with Crippen molar-refractivity contribution in [1.29, 1.82) is 0 Å². The van der Waals surface area contributed by atoms with Gasteiger partial charge in [-0.1, -0.05) is 28.9 Å². The van der Waals surface area contributed by atoms with Gasteiger partial charge in [0.05, 0.1) is 22.7 Å². The minimum atomic E-state index is -0.454.